The van der Waals surface area contributed by atoms with Crippen molar-refractivity contribution in [2.45, 2.75) is 57.5 Å². The molecular formula is C13H25BrOSi. The van der Waals surface area contributed by atoms with Crippen LogP contribution in [0.25, 0.3) is 0 Å². The first kappa shape index (κ1) is 14.5. The SMILES string of the molecule is CC(C)(C)[Si](C)(C)C(O)C1CC=C(CBr)C1. The van der Waals surface area contributed by atoms with Crippen molar-refractivity contribution in [2.24, 2.45) is 5.92 Å². The molecule has 0 amide bonds. The Morgan fingerprint density at radius 3 is 2.44 bits per heavy atom. The molecule has 1 aliphatic carbocycles. The minimum absolute atomic E-state index is 0.0831. The van der Waals surface area contributed by atoms with Gasteiger partial charge in [-0.1, -0.05) is 61.4 Å². The van der Waals surface area contributed by atoms with Gasteiger partial charge in [-0.05, 0) is 23.8 Å². The number of hydrogen-bond acceptors (Lipinski definition) is 1. The molecule has 0 saturated heterocycles. The van der Waals surface area contributed by atoms with Crippen LogP contribution in [0.1, 0.15) is 33.6 Å². The Morgan fingerprint density at radius 2 is 2.06 bits per heavy atom. The van der Waals surface area contributed by atoms with Gasteiger partial charge in [-0.3, -0.25) is 0 Å². The molecular weight excluding hydrogens is 280 g/mol. The molecule has 0 saturated carbocycles. The van der Waals surface area contributed by atoms with Crippen LogP contribution in [0.5, 0.6) is 0 Å². The number of allylic oxidation sites excluding steroid dienone is 2. The lowest BCUT2D eigenvalue weighted by atomic mass is 10.1. The van der Waals surface area contributed by atoms with Crippen molar-refractivity contribution in [1.29, 1.82) is 0 Å². The van der Waals surface area contributed by atoms with Crippen molar-refractivity contribution in [3.8, 4) is 0 Å². The van der Waals surface area contributed by atoms with Crippen LogP contribution >= 0.6 is 15.9 Å². The molecule has 1 rings (SSSR count). The zero-order valence-electron chi connectivity index (χ0n) is 11.2. The molecule has 0 spiro atoms. The first-order valence-corrected chi connectivity index (χ1v) is 10.3. The number of halogens is 1. The highest BCUT2D eigenvalue weighted by molar-refractivity contribution is 9.09. The zero-order chi connectivity index (χ0) is 12.6. The van der Waals surface area contributed by atoms with E-state index in [0.717, 1.165) is 18.2 Å². The molecule has 0 fully saturated rings. The highest BCUT2D eigenvalue weighted by atomic mass is 79.9. The molecule has 0 bridgehead atoms. The maximum atomic E-state index is 10.6. The molecule has 3 heteroatoms. The van der Waals surface area contributed by atoms with Crippen LogP contribution in [0, 0.1) is 5.92 Å². The second-order valence-corrected chi connectivity index (χ2v) is 12.7. The highest BCUT2D eigenvalue weighted by Crippen LogP contribution is 2.43. The van der Waals surface area contributed by atoms with Crippen LogP contribution in [0.4, 0.5) is 0 Å². The van der Waals surface area contributed by atoms with Gasteiger partial charge < -0.3 is 5.11 Å². The second-order valence-electron chi connectivity index (χ2n) is 6.61. The molecule has 94 valence electrons. The summed E-state index contributed by atoms with van der Waals surface area (Å²) in [4.78, 5) is 0. The van der Waals surface area contributed by atoms with Gasteiger partial charge in [-0.25, -0.2) is 0 Å². The summed E-state index contributed by atoms with van der Waals surface area (Å²) in [6.45, 7) is 11.5. The Morgan fingerprint density at radius 1 is 1.50 bits per heavy atom. The van der Waals surface area contributed by atoms with Gasteiger partial charge in [0.25, 0.3) is 0 Å². The first-order valence-electron chi connectivity index (χ1n) is 6.12. The molecule has 1 nitrogen and oxygen atoms in total. The highest BCUT2D eigenvalue weighted by Gasteiger charge is 2.45. The van der Waals surface area contributed by atoms with Crippen LogP contribution in [-0.4, -0.2) is 24.2 Å². The predicted molar refractivity (Wildman–Crippen MR) is 77.8 cm³/mol. The van der Waals surface area contributed by atoms with E-state index in [9.17, 15) is 5.11 Å². The standard InChI is InChI=1S/C13H25BrOSi/c1-13(2,3)16(4,5)12(15)11-7-6-10(8-11)9-14/h6,11-12,15H,7-9H2,1-5H3. The minimum atomic E-state index is -1.61. The van der Waals surface area contributed by atoms with Crippen molar-refractivity contribution in [1.82, 2.24) is 0 Å². The third kappa shape index (κ3) is 2.80. The predicted octanol–water partition coefficient (Wildman–Crippen LogP) is 4.13. The fourth-order valence-electron chi connectivity index (χ4n) is 2.20. The van der Waals surface area contributed by atoms with Crippen molar-refractivity contribution >= 4 is 24.0 Å². The monoisotopic (exact) mass is 304 g/mol. The van der Waals surface area contributed by atoms with Crippen LogP contribution < -0.4 is 0 Å². The van der Waals surface area contributed by atoms with Crippen molar-refractivity contribution in [3.05, 3.63) is 11.6 Å². The topological polar surface area (TPSA) is 20.2 Å². The molecule has 1 aliphatic rings. The molecule has 16 heavy (non-hydrogen) atoms. The lowest BCUT2D eigenvalue weighted by Crippen LogP contribution is -2.52. The third-order valence-electron chi connectivity index (χ3n) is 4.52. The number of aliphatic hydroxyl groups excluding tert-OH is 1. The fraction of sp³-hybridized carbons (Fsp3) is 0.846. The Labute approximate surface area is 109 Å². The van der Waals surface area contributed by atoms with Gasteiger partial charge in [-0.15, -0.1) is 0 Å². The van der Waals surface area contributed by atoms with Gasteiger partial charge in [-0.2, -0.15) is 0 Å². The van der Waals surface area contributed by atoms with Crippen molar-refractivity contribution in [3.63, 3.8) is 0 Å². The lowest BCUT2D eigenvalue weighted by Gasteiger charge is -2.43. The van der Waals surface area contributed by atoms with Gasteiger partial charge in [0.05, 0.1) is 8.07 Å². The third-order valence-corrected chi connectivity index (χ3v) is 11.1. The summed E-state index contributed by atoms with van der Waals surface area (Å²) in [7, 11) is -1.61. The molecule has 0 aromatic rings. The minimum Gasteiger partial charge on any atom is -0.396 e. The summed E-state index contributed by atoms with van der Waals surface area (Å²) in [5.74, 6) is 0.466. The van der Waals surface area contributed by atoms with E-state index in [1.807, 2.05) is 0 Å². The van der Waals surface area contributed by atoms with Gasteiger partial charge in [0, 0.05) is 11.1 Å². The van der Waals surface area contributed by atoms with E-state index in [-0.39, 0.29) is 10.8 Å². The van der Waals surface area contributed by atoms with Crippen molar-refractivity contribution < 1.29 is 5.11 Å². The average Bonchev–Trinajstić information content (AvgIpc) is 2.62. The lowest BCUT2D eigenvalue weighted by molar-refractivity contribution is 0.173. The van der Waals surface area contributed by atoms with Crippen LogP contribution in [0.15, 0.2) is 11.6 Å². The molecule has 0 aromatic carbocycles. The average molecular weight is 305 g/mol. The smallest absolute Gasteiger partial charge is 0.0868 e. The quantitative estimate of drug-likeness (QED) is 0.472. The van der Waals surface area contributed by atoms with Crippen LogP contribution in [0.3, 0.4) is 0 Å². The molecule has 0 aromatic heterocycles. The van der Waals surface area contributed by atoms with E-state index < -0.39 is 8.07 Å². The maximum Gasteiger partial charge on any atom is 0.0868 e. The Bertz CT molecular complexity index is 278. The Hall–Kier alpha value is 0.397. The van der Waals surface area contributed by atoms with Crippen LogP contribution in [0.2, 0.25) is 18.1 Å². The van der Waals surface area contributed by atoms with Crippen molar-refractivity contribution in [2.75, 3.05) is 5.33 Å². The van der Waals surface area contributed by atoms with E-state index in [2.05, 4.69) is 55.9 Å². The molecule has 2 unspecified atom stereocenters. The van der Waals surface area contributed by atoms with Gasteiger partial charge in [0.2, 0.25) is 0 Å². The van der Waals surface area contributed by atoms with E-state index in [1.165, 1.54) is 5.57 Å². The van der Waals surface area contributed by atoms with E-state index >= 15 is 0 Å². The number of aliphatic hydroxyl groups is 1. The van der Waals surface area contributed by atoms with Gasteiger partial charge >= 0.3 is 0 Å². The number of rotatable bonds is 3. The van der Waals surface area contributed by atoms with Gasteiger partial charge in [0.15, 0.2) is 0 Å². The summed E-state index contributed by atoms with van der Waals surface area (Å²) in [5.41, 5.74) is 1.38. The number of alkyl halides is 1. The second kappa shape index (κ2) is 4.95. The fourth-order valence-corrected chi connectivity index (χ4v) is 4.98. The van der Waals surface area contributed by atoms with E-state index in [4.69, 9.17) is 0 Å². The largest absolute Gasteiger partial charge is 0.396 e. The van der Waals surface area contributed by atoms with Crippen LogP contribution in [-0.2, 0) is 0 Å². The number of hydrogen-bond donors (Lipinski definition) is 1. The molecule has 1 N–H and O–H groups in total. The first-order chi connectivity index (χ1) is 7.20. The molecule has 0 heterocycles. The molecule has 2 atom stereocenters. The molecule has 0 aliphatic heterocycles. The van der Waals surface area contributed by atoms with E-state index in [0.29, 0.717) is 5.92 Å². The Kier molecular flexibility index (Phi) is 4.47. The maximum absolute atomic E-state index is 10.6. The summed E-state index contributed by atoms with van der Waals surface area (Å²) >= 11 is 3.50. The normalized spacial score (nSPS) is 24.4. The zero-order valence-corrected chi connectivity index (χ0v) is 13.8. The van der Waals surface area contributed by atoms with E-state index in [1.54, 1.807) is 0 Å². The summed E-state index contributed by atoms with van der Waals surface area (Å²) in [6.07, 6.45) is 4.45. The molecule has 0 radical (unpaired) electrons. The Balaban J connectivity index is 2.70. The summed E-state index contributed by atoms with van der Waals surface area (Å²) < 4.78 is 0. The summed E-state index contributed by atoms with van der Waals surface area (Å²) in [6, 6.07) is 0. The summed E-state index contributed by atoms with van der Waals surface area (Å²) in [5, 5.41) is 11.9. The van der Waals surface area contributed by atoms with Gasteiger partial charge in [0.1, 0.15) is 0 Å².